The van der Waals surface area contributed by atoms with E-state index in [0.717, 1.165) is 39.3 Å². The summed E-state index contributed by atoms with van der Waals surface area (Å²) in [5.74, 6) is 2.75. The largest absolute Gasteiger partial charge is 0.493 e. The summed E-state index contributed by atoms with van der Waals surface area (Å²) in [4.78, 5) is 4.50. The zero-order valence-electron chi connectivity index (χ0n) is 19.4. The first kappa shape index (κ1) is 21.6. The summed E-state index contributed by atoms with van der Waals surface area (Å²) in [5, 5.41) is 8.75. The van der Waals surface area contributed by atoms with Gasteiger partial charge in [0.05, 0.1) is 19.9 Å². The van der Waals surface area contributed by atoms with Crippen LogP contribution in [0.5, 0.6) is 17.2 Å². The first-order valence-electron chi connectivity index (χ1n) is 11.2. The van der Waals surface area contributed by atoms with Gasteiger partial charge in [0, 0.05) is 16.2 Å². The van der Waals surface area contributed by atoms with Crippen molar-refractivity contribution in [2.24, 2.45) is 0 Å². The van der Waals surface area contributed by atoms with Gasteiger partial charge in [-0.2, -0.15) is 10.1 Å². The van der Waals surface area contributed by atoms with Gasteiger partial charge in [0.15, 0.2) is 11.5 Å². The molecule has 6 rings (SSSR count). The van der Waals surface area contributed by atoms with Crippen LogP contribution in [0.3, 0.4) is 0 Å². The number of anilines is 1. The number of nitrogens with zero attached hydrogens (tertiary/aromatic N) is 3. The molecular weight excluding hydrogens is 464 g/mol. The molecule has 1 aromatic heterocycles. The zero-order valence-corrected chi connectivity index (χ0v) is 20.2. The van der Waals surface area contributed by atoms with Crippen molar-refractivity contribution in [2.75, 3.05) is 19.5 Å². The fraction of sp³-hybridized carbons (Fsp3) is 0.185. The Hall–Kier alpha value is -3.97. The van der Waals surface area contributed by atoms with Crippen molar-refractivity contribution in [3.63, 3.8) is 0 Å². The Bertz CT molecular complexity index is 1480. The van der Waals surface area contributed by atoms with Gasteiger partial charge in [0.2, 0.25) is 5.95 Å². The Morgan fingerprint density at radius 2 is 1.83 bits per heavy atom. The second-order valence-corrected chi connectivity index (χ2v) is 8.99. The predicted molar refractivity (Wildman–Crippen MR) is 134 cm³/mol. The minimum atomic E-state index is -0.401. The van der Waals surface area contributed by atoms with Crippen LogP contribution in [-0.4, -0.2) is 29.0 Å². The Labute approximate surface area is 207 Å². The summed E-state index contributed by atoms with van der Waals surface area (Å²) in [7, 11) is 3.26. The van der Waals surface area contributed by atoms with Crippen LogP contribution >= 0.6 is 11.6 Å². The number of fused-ring (bicyclic) bond motifs is 3. The third-order valence-electron chi connectivity index (χ3n) is 6.44. The third-order valence-corrected chi connectivity index (χ3v) is 6.68. The SMILES string of the molecule is COc1ccc([C@@H]2C3=C(Nc4ncnn42)c2cc(C)ccc2O[C@H]3c2cccc(Cl)c2)cc1OC. The molecule has 176 valence electrons. The van der Waals surface area contributed by atoms with E-state index >= 15 is 0 Å². The Kier molecular flexibility index (Phi) is 5.15. The minimum Gasteiger partial charge on any atom is -0.493 e. The van der Waals surface area contributed by atoms with E-state index in [1.54, 1.807) is 20.5 Å². The molecule has 0 saturated heterocycles. The fourth-order valence-corrected chi connectivity index (χ4v) is 5.07. The lowest BCUT2D eigenvalue weighted by molar-refractivity contribution is 0.223. The molecule has 2 aliphatic rings. The van der Waals surface area contributed by atoms with E-state index in [0.29, 0.717) is 22.5 Å². The number of nitrogens with one attached hydrogen (secondary N) is 1. The molecule has 35 heavy (non-hydrogen) atoms. The molecule has 2 atom stereocenters. The van der Waals surface area contributed by atoms with Gasteiger partial charge in [0.25, 0.3) is 0 Å². The lowest BCUT2D eigenvalue weighted by Crippen LogP contribution is -2.32. The molecule has 0 saturated carbocycles. The second-order valence-electron chi connectivity index (χ2n) is 8.55. The van der Waals surface area contributed by atoms with Crippen LogP contribution in [0, 0.1) is 6.92 Å². The van der Waals surface area contributed by atoms with Gasteiger partial charge in [-0.3, -0.25) is 0 Å². The maximum Gasteiger partial charge on any atom is 0.226 e. The normalized spacial score (nSPS) is 18.1. The maximum absolute atomic E-state index is 6.67. The molecule has 1 N–H and O–H groups in total. The molecule has 0 bridgehead atoms. The average molecular weight is 487 g/mol. The summed E-state index contributed by atoms with van der Waals surface area (Å²) < 4.78 is 19.6. The van der Waals surface area contributed by atoms with Crippen molar-refractivity contribution < 1.29 is 14.2 Å². The van der Waals surface area contributed by atoms with Gasteiger partial charge < -0.3 is 19.5 Å². The number of ether oxygens (including phenoxy) is 3. The summed E-state index contributed by atoms with van der Waals surface area (Å²) in [6.45, 7) is 2.07. The molecular formula is C27H23ClN4O3. The minimum absolute atomic E-state index is 0.304. The van der Waals surface area contributed by atoms with E-state index in [9.17, 15) is 0 Å². The van der Waals surface area contributed by atoms with Crippen LogP contribution < -0.4 is 19.5 Å². The summed E-state index contributed by atoms with van der Waals surface area (Å²) >= 11 is 6.40. The lowest BCUT2D eigenvalue weighted by atomic mass is 9.84. The molecule has 0 unspecified atom stereocenters. The molecule has 3 aromatic carbocycles. The average Bonchev–Trinajstić information content (AvgIpc) is 3.35. The van der Waals surface area contributed by atoms with Crippen molar-refractivity contribution in [2.45, 2.75) is 19.1 Å². The second kappa shape index (κ2) is 8.36. The Morgan fingerprint density at radius 3 is 2.63 bits per heavy atom. The number of methoxy groups -OCH3 is 2. The standard InChI is InChI=1S/C27H23ClN4O3/c1-15-7-9-20-19(11-15)24-23(26(35-20)17-5-4-6-18(28)12-17)25(32-27(31-24)29-14-30-32)16-8-10-21(33-2)22(13-16)34-3/h4-14,25-26H,1-3H3,(H,29,30,31)/t25-,26+/m1/s1. The third kappa shape index (κ3) is 3.51. The highest BCUT2D eigenvalue weighted by molar-refractivity contribution is 6.30. The maximum atomic E-state index is 6.67. The van der Waals surface area contributed by atoms with Crippen LogP contribution in [-0.2, 0) is 0 Å². The molecule has 0 fully saturated rings. The smallest absolute Gasteiger partial charge is 0.226 e. The number of rotatable bonds is 4. The summed E-state index contributed by atoms with van der Waals surface area (Å²) in [5.41, 5.74) is 6.01. The van der Waals surface area contributed by atoms with Crippen LogP contribution in [0.25, 0.3) is 5.70 Å². The van der Waals surface area contributed by atoms with Crippen molar-refractivity contribution in [1.29, 1.82) is 0 Å². The van der Waals surface area contributed by atoms with E-state index in [2.05, 4.69) is 34.5 Å². The highest BCUT2D eigenvalue weighted by Gasteiger charge is 2.41. The van der Waals surface area contributed by atoms with Crippen molar-refractivity contribution in [1.82, 2.24) is 14.8 Å². The molecule has 0 aliphatic carbocycles. The molecule has 3 heterocycles. The van der Waals surface area contributed by atoms with Gasteiger partial charge in [-0.15, -0.1) is 0 Å². The molecule has 4 aromatic rings. The molecule has 2 aliphatic heterocycles. The van der Waals surface area contributed by atoms with Gasteiger partial charge in [-0.05, 0) is 54.4 Å². The number of hydrogen-bond donors (Lipinski definition) is 1. The first-order valence-corrected chi connectivity index (χ1v) is 11.6. The van der Waals surface area contributed by atoms with Crippen LogP contribution in [0.1, 0.15) is 34.4 Å². The van der Waals surface area contributed by atoms with Crippen molar-refractivity contribution in [3.8, 4) is 17.2 Å². The summed E-state index contributed by atoms with van der Waals surface area (Å²) in [6.07, 6.45) is 1.16. The van der Waals surface area contributed by atoms with Gasteiger partial charge in [0.1, 0.15) is 24.2 Å². The van der Waals surface area contributed by atoms with Gasteiger partial charge in [-0.1, -0.05) is 41.4 Å². The molecule has 0 spiro atoms. The van der Waals surface area contributed by atoms with Crippen LogP contribution in [0.2, 0.25) is 5.02 Å². The van der Waals surface area contributed by atoms with E-state index < -0.39 is 6.10 Å². The lowest BCUT2D eigenvalue weighted by Gasteiger charge is -2.39. The topological polar surface area (TPSA) is 70.4 Å². The van der Waals surface area contributed by atoms with E-state index in [1.807, 2.05) is 53.2 Å². The van der Waals surface area contributed by atoms with Crippen LogP contribution in [0.4, 0.5) is 5.95 Å². The van der Waals surface area contributed by atoms with Crippen molar-refractivity contribution >= 4 is 23.2 Å². The number of aryl methyl sites for hydroxylation is 1. The number of hydrogen-bond acceptors (Lipinski definition) is 6. The van der Waals surface area contributed by atoms with E-state index in [4.69, 9.17) is 25.8 Å². The van der Waals surface area contributed by atoms with E-state index in [1.165, 1.54) is 0 Å². The molecule has 0 radical (unpaired) electrons. The zero-order chi connectivity index (χ0) is 24.1. The van der Waals surface area contributed by atoms with Crippen molar-refractivity contribution in [3.05, 3.63) is 99.8 Å². The Morgan fingerprint density at radius 1 is 0.971 bits per heavy atom. The molecule has 8 heteroatoms. The van der Waals surface area contributed by atoms with Gasteiger partial charge in [-0.25, -0.2) is 4.68 Å². The first-order chi connectivity index (χ1) is 17.1. The monoisotopic (exact) mass is 486 g/mol. The highest BCUT2D eigenvalue weighted by Crippen LogP contribution is 2.51. The number of aromatic nitrogens is 3. The molecule has 7 nitrogen and oxygen atoms in total. The quantitative estimate of drug-likeness (QED) is 0.392. The molecule has 0 amide bonds. The summed E-state index contributed by atoms with van der Waals surface area (Å²) in [6, 6.07) is 19.6. The number of benzene rings is 3. The van der Waals surface area contributed by atoms with E-state index in [-0.39, 0.29) is 6.04 Å². The Balaban J connectivity index is 1.63. The van der Waals surface area contributed by atoms with Crippen LogP contribution in [0.15, 0.2) is 72.6 Å². The van der Waals surface area contributed by atoms with Gasteiger partial charge >= 0.3 is 0 Å². The fourth-order valence-electron chi connectivity index (χ4n) is 4.87. The predicted octanol–water partition coefficient (Wildman–Crippen LogP) is 5.82. The number of halogens is 1. The highest BCUT2D eigenvalue weighted by atomic mass is 35.5.